The third kappa shape index (κ3) is 5.29. The SMILES string of the molecule is Cc1noc(C)c1COc1ccc(C(=O)OCC(=O)Nc2sc3c(c2C#N)CCCCC3)cc1. The molecule has 3 aromatic rings. The lowest BCUT2D eigenvalue weighted by molar-refractivity contribution is -0.119. The first kappa shape index (κ1) is 23.5. The lowest BCUT2D eigenvalue weighted by Gasteiger charge is -2.08. The smallest absolute Gasteiger partial charge is 0.338 e. The van der Waals surface area contributed by atoms with Crippen molar-refractivity contribution in [2.75, 3.05) is 11.9 Å². The monoisotopic (exact) mass is 479 g/mol. The van der Waals surface area contributed by atoms with Gasteiger partial charge in [-0.2, -0.15) is 5.26 Å². The van der Waals surface area contributed by atoms with Crippen molar-refractivity contribution in [3.63, 3.8) is 0 Å². The van der Waals surface area contributed by atoms with E-state index in [4.69, 9.17) is 14.0 Å². The van der Waals surface area contributed by atoms with Gasteiger partial charge in [-0.25, -0.2) is 4.79 Å². The quantitative estimate of drug-likeness (QED) is 0.380. The molecule has 8 nitrogen and oxygen atoms in total. The number of rotatable bonds is 7. The van der Waals surface area contributed by atoms with Gasteiger partial charge in [-0.3, -0.25) is 4.79 Å². The summed E-state index contributed by atoms with van der Waals surface area (Å²) in [6, 6.07) is 8.70. The Morgan fingerprint density at radius 3 is 2.65 bits per heavy atom. The largest absolute Gasteiger partial charge is 0.489 e. The van der Waals surface area contributed by atoms with Crippen LogP contribution >= 0.6 is 11.3 Å². The fourth-order valence-corrected chi connectivity index (χ4v) is 5.13. The van der Waals surface area contributed by atoms with Crippen LogP contribution in [0.3, 0.4) is 0 Å². The van der Waals surface area contributed by atoms with Gasteiger partial charge in [0.1, 0.15) is 29.2 Å². The Labute approximate surface area is 201 Å². The number of aromatic nitrogens is 1. The summed E-state index contributed by atoms with van der Waals surface area (Å²) in [6.45, 7) is 3.54. The molecule has 0 saturated heterocycles. The number of carbonyl (C=O) groups is 2. The molecule has 4 rings (SSSR count). The van der Waals surface area contributed by atoms with Gasteiger partial charge in [0.25, 0.3) is 5.91 Å². The summed E-state index contributed by atoms with van der Waals surface area (Å²) in [5, 5.41) is 16.7. The predicted molar refractivity (Wildman–Crippen MR) is 126 cm³/mol. The second kappa shape index (κ2) is 10.5. The number of aryl methyl sites for hydroxylation is 3. The Hall–Kier alpha value is -3.64. The van der Waals surface area contributed by atoms with Crippen LogP contribution in [0.2, 0.25) is 0 Å². The van der Waals surface area contributed by atoms with Gasteiger partial charge < -0.3 is 19.3 Å². The van der Waals surface area contributed by atoms with Crippen molar-refractivity contribution >= 4 is 28.2 Å². The molecule has 1 aromatic carbocycles. The highest BCUT2D eigenvalue weighted by Gasteiger charge is 2.21. The van der Waals surface area contributed by atoms with Gasteiger partial charge in [0, 0.05) is 4.88 Å². The lowest BCUT2D eigenvalue weighted by atomic mass is 10.1. The minimum atomic E-state index is -0.616. The third-order valence-corrected chi connectivity index (χ3v) is 6.98. The number of nitriles is 1. The third-order valence-electron chi connectivity index (χ3n) is 5.77. The Balaban J connectivity index is 1.30. The Bertz CT molecular complexity index is 1220. The van der Waals surface area contributed by atoms with Crippen LogP contribution in [0.15, 0.2) is 28.8 Å². The van der Waals surface area contributed by atoms with Crippen LogP contribution in [-0.2, 0) is 29.0 Å². The van der Waals surface area contributed by atoms with E-state index in [-0.39, 0.29) is 0 Å². The number of thiophene rings is 1. The number of fused-ring (bicyclic) bond motifs is 1. The fourth-order valence-electron chi connectivity index (χ4n) is 3.88. The summed E-state index contributed by atoms with van der Waals surface area (Å²) in [5.74, 6) is 0.197. The van der Waals surface area contributed by atoms with Crippen molar-refractivity contribution in [1.29, 1.82) is 5.26 Å². The molecule has 0 saturated carbocycles. The maximum Gasteiger partial charge on any atom is 0.338 e. The highest BCUT2D eigenvalue weighted by Crippen LogP contribution is 2.36. The van der Waals surface area contributed by atoms with E-state index in [1.54, 1.807) is 24.3 Å². The highest BCUT2D eigenvalue weighted by molar-refractivity contribution is 7.16. The maximum atomic E-state index is 12.4. The van der Waals surface area contributed by atoms with Crippen LogP contribution in [0.4, 0.5) is 5.00 Å². The molecule has 176 valence electrons. The van der Waals surface area contributed by atoms with Crippen LogP contribution in [0.25, 0.3) is 0 Å². The molecule has 34 heavy (non-hydrogen) atoms. The first-order valence-electron chi connectivity index (χ1n) is 11.1. The number of carbonyl (C=O) groups excluding carboxylic acids is 2. The molecule has 0 fully saturated rings. The summed E-state index contributed by atoms with van der Waals surface area (Å²) in [7, 11) is 0. The molecule has 1 aliphatic carbocycles. The molecule has 0 radical (unpaired) electrons. The standard InChI is InChI=1S/C25H25N3O5S/c1-15-21(16(2)33-28-15)13-31-18-10-8-17(9-11-18)25(30)32-14-23(29)27-24-20(12-26)19-6-4-3-5-7-22(19)34-24/h8-11H,3-7,13-14H2,1-2H3,(H,27,29). The summed E-state index contributed by atoms with van der Waals surface area (Å²) in [4.78, 5) is 25.9. The van der Waals surface area contributed by atoms with Crippen LogP contribution in [-0.4, -0.2) is 23.6 Å². The number of esters is 1. The van der Waals surface area contributed by atoms with Gasteiger partial charge in [-0.1, -0.05) is 11.6 Å². The van der Waals surface area contributed by atoms with Gasteiger partial charge in [0.2, 0.25) is 0 Å². The van der Waals surface area contributed by atoms with Crippen LogP contribution in [0.5, 0.6) is 5.75 Å². The van der Waals surface area contributed by atoms with Gasteiger partial charge in [0.15, 0.2) is 6.61 Å². The van der Waals surface area contributed by atoms with Crippen LogP contribution in [0, 0.1) is 25.2 Å². The topological polar surface area (TPSA) is 114 Å². The molecule has 0 spiro atoms. The molecule has 1 amide bonds. The number of ether oxygens (including phenoxy) is 2. The number of nitrogens with one attached hydrogen (secondary N) is 1. The average molecular weight is 480 g/mol. The lowest BCUT2D eigenvalue weighted by Crippen LogP contribution is -2.20. The van der Waals surface area contributed by atoms with E-state index >= 15 is 0 Å². The molecule has 0 unspecified atom stereocenters. The molecular weight excluding hydrogens is 454 g/mol. The summed E-state index contributed by atoms with van der Waals surface area (Å²) in [5.41, 5.74) is 3.55. The molecule has 1 aliphatic rings. The minimum Gasteiger partial charge on any atom is -0.489 e. The molecule has 2 aromatic heterocycles. The van der Waals surface area contributed by atoms with E-state index in [2.05, 4.69) is 16.5 Å². The predicted octanol–water partition coefficient (Wildman–Crippen LogP) is 4.87. The van der Waals surface area contributed by atoms with Crippen molar-refractivity contribution in [1.82, 2.24) is 5.16 Å². The minimum absolute atomic E-state index is 0.304. The number of benzene rings is 1. The number of hydrogen-bond acceptors (Lipinski definition) is 8. The Kier molecular flexibility index (Phi) is 7.28. The van der Waals surface area contributed by atoms with Crippen LogP contribution < -0.4 is 10.1 Å². The average Bonchev–Trinajstić information content (AvgIpc) is 3.23. The maximum absolute atomic E-state index is 12.4. The summed E-state index contributed by atoms with van der Waals surface area (Å²) < 4.78 is 16.0. The van der Waals surface area contributed by atoms with Crippen molar-refractivity contribution < 1.29 is 23.6 Å². The summed E-state index contributed by atoms with van der Waals surface area (Å²) >= 11 is 1.45. The zero-order valence-corrected chi connectivity index (χ0v) is 19.9. The van der Waals surface area contributed by atoms with Gasteiger partial charge in [-0.15, -0.1) is 11.3 Å². The van der Waals surface area contributed by atoms with Crippen molar-refractivity contribution in [3.05, 3.63) is 62.9 Å². The second-order valence-electron chi connectivity index (χ2n) is 8.12. The number of anilines is 1. The normalized spacial score (nSPS) is 12.9. The van der Waals surface area contributed by atoms with E-state index < -0.39 is 18.5 Å². The van der Waals surface area contributed by atoms with Crippen molar-refractivity contribution in [2.24, 2.45) is 0 Å². The molecule has 0 atom stereocenters. The molecule has 2 heterocycles. The van der Waals surface area contributed by atoms with Crippen molar-refractivity contribution in [2.45, 2.75) is 52.6 Å². The zero-order chi connectivity index (χ0) is 24.1. The first-order valence-corrected chi connectivity index (χ1v) is 11.9. The zero-order valence-electron chi connectivity index (χ0n) is 19.1. The molecule has 0 aliphatic heterocycles. The van der Waals surface area contributed by atoms with Crippen molar-refractivity contribution in [3.8, 4) is 11.8 Å². The number of hydrogen-bond donors (Lipinski definition) is 1. The Morgan fingerprint density at radius 2 is 1.94 bits per heavy atom. The van der Waals surface area contributed by atoms with E-state index in [1.165, 1.54) is 11.3 Å². The summed E-state index contributed by atoms with van der Waals surface area (Å²) in [6.07, 6.45) is 5.08. The van der Waals surface area contributed by atoms with Gasteiger partial charge in [0.05, 0.1) is 22.4 Å². The van der Waals surface area contributed by atoms with Gasteiger partial charge in [-0.05, 0) is 69.4 Å². The fraction of sp³-hybridized carbons (Fsp3) is 0.360. The second-order valence-corrected chi connectivity index (χ2v) is 9.23. The van der Waals surface area contributed by atoms with E-state index in [0.717, 1.165) is 53.8 Å². The molecule has 0 bridgehead atoms. The van der Waals surface area contributed by atoms with E-state index in [1.807, 2.05) is 13.8 Å². The highest BCUT2D eigenvalue weighted by atomic mass is 32.1. The molecule has 1 N–H and O–H groups in total. The number of amides is 1. The molecule has 9 heteroatoms. The first-order chi connectivity index (χ1) is 16.5. The molecular formula is C25H25N3O5S. The van der Waals surface area contributed by atoms with E-state index in [9.17, 15) is 14.9 Å². The number of nitrogens with zero attached hydrogens (tertiary/aromatic N) is 2. The Morgan fingerprint density at radius 1 is 1.18 bits per heavy atom. The van der Waals surface area contributed by atoms with Crippen LogP contribution in [0.1, 0.15) is 62.6 Å². The van der Waals surface area contributed by atoms with E-state index in [0.29, 0.717) is 34.2 Å². The van der Waals surface area contributed by atoms with Gasteiger partial charge >= 0.3 is 5.97 Å².